The van der Waals surface area contributed by atoms with Crippen molar-refractivity contribution in [2.45, 2.75) is 31.3 Å². The van der Waals surface area contributed by atoms with Crippen LogP contribution in [0.25, 0.3) is 0 Å². The number of urea groups is 1. The number of carbonyl (C=O) groups is 2. The third-order valence-corrected chi connectivity index (χ3v) is 5.78. The Morgan fingerprint density at radius 2 is 1.96 bits per heavy atom. The van der Waals surface area contributed by atoms with Gasteiger partial charge in [-0.1, -0.05) is 0 Å². The third-order valence-electron chi connectivity index (χ3n) is 5.78. The van der Waals surface area contributed by atoms with Crippen molar-refractivity contribution in [1.82, 2.24) is 24.6 Å². The Hall–Kier alpha value is -2.06. The minimum atomic E-state index is -0.0461. The minimum absolute atomic E-state index is 0.0461. The topological polar surface area (TPSA) is 70.1 Å². The summed E-state index contributed by atoms with van der Waals surface area (Å²) in [7, 11) is 5.47. The molecule has 3 rings (SSSR count). The zero-order valence-corrected chi connectivity index (χ0v) is 17.3. The van der Waals surface area contributed by atoms with E-state index in [2.05, 4.69) is 10.2 Å². The highest BCUT2D eigenvalue weighted by Gasteiger charge is 2.34. The van der Waals surface area contributed by atoms with Gasteiger partial charge in [-0.3, -0.25) is 9.69 Å². The van der Waals surface area contributed by atoms with E-state index in [9.17, 15) is 9.59 Å². The SMILES string of the molecule is CN(C)C(=O)N1CCC(N(CCNC(=O)c2cccn2C)C2CCOCC2)C1. The van der Waals surface area contributed by atoms with Crippen LogP contribution >= 0.6 is 0 Å². The molecule has 0 radical (unpaired) electrons. The van der Waals surface area contributed by atoms with E-state index < -0.39 is 0 Å². The van der Waals surface area contributed by atoms with Crippen LogP contribution in [0.1, 0.15) is 29.8 Å². The third kappa shape index (κ3) is 4.86. The Kier molecular flexibility index (Phi) is 6.96. The van der Waals surface area contributed by atoms with Gasteiger partial charge in [0.05, 0.1) is 0 Å². The smallest absolute Gasteiger partial charge is 0.319 e. The zero-order chi connectivity index (χ0) is 20.1. The van der Waals surface area contributed by atoms with Gasteiger partial charge in [0, 0.05) is 78.8 Å². The summed E-state index contributed by atoms with van der Waals surface area (Å²) in [6, 6.07) is 4.55. The van der Waals surface area contributed by atoms with E-state index in [0.717, 1.165) is 52.1 Å². The monoisotopic (exact) mass is 391 g/mol. The molecule has 0 aromatic carbocycles. The van der Waals surface area contributed by atoms with Gasteiger partial charge in [0.1, 0.15) is 5.69 Å². The fourth-order valence-corrected chi connectivity index (χ4v) is 4.24. The van der Waals surface area contributed by atoms with Crippen molar-refractivity contribution in [3.63, 3.8) is 0 Å². The van der Waals surface area contributed by atoms with Gasteiger partial charge in [0.25, 0.3) is 5.91 Å². The highest BCUT2D eigenvalue weighted by Crippen LogP contribution is 2.23. The fraction of sp³-hybridized carbons (Fsp3) is 0.700. The number of nitrogens with one attached hydrogen (secondary N) is 1. The molecule has 1 unspecified atom stereocenters. The summed E-state index contributed by atoms with van der Waals surface area (Å²) in [5.41, 5.74) is 0.668. The second-order valence-corrected chi connectivity index (χ2v) is 7.91. The number of amides is 3. The summed E-state index contributed by atoms with van der Waals surface area (Å²) < 4.78 is 7.36. The molecular formula is C20H33N5O3. The standard InChI is InChI=1S/C20H33N5O3/c1-22(2)20(27)24-11-6-17(15-24)25(16-7-13-28-14-8-16)12-9-21-19(26)18-5-4-10-23(18)3/h4-5,10,16-17H,6-9,11-15H2,1-3H3,(H,21,26). The van der Waals surface area contributed by atoms with Crippen LogP contribution < -0.4 is 5.32 Å². The molecule has 2 aliphatic rings. The van der Waals surface area contributed by atoms with Gasteiger partial charge in [0.15, 0.2) is 0 Å². The van der Waals surface area contributed by atoms with Crippen molar-refractivity contribution >= 4 is 11.9 Å². The first-order valence-electron chi connectivity index (χ1n) is 10.2. The van der Waals surface area contributed by atoms with Gasteiger partial charge in [-0.15, -0.1) is 0 Å². The molecule has 1 atom stereocenters. The maximum absolute atomic E-state index is 12.4. The van der Waals surface area contributed by atoms with Gasteiger partial charge in [-0.2, -0.15) is 0 Å². The number of rotatable bonds is 6. The highest BCUT2D eigenvalue weighted by molar-refractivity contribution is 5.92. The van der Waals surface area contributed by atoms with Crippen LogP contribution in [-0.2, 0) is 11.8 Å². The predicted octanol–water partition coefficient (Wildman–Crippen LogP) is 0.992. The number of aromatic nitrogens is 1. The van der Waals surface area contributed by atoms with E-state index in [1.165, 1.54) is 0 Å². The van der Waals surface area contributed by atoms with Crippen molar-refractivity contribution in [1.29, 1.82) is 0 Å². The zero-order valence-electron chi connectivity index (χ0n) is 17.3. The first kappa shape index (κ1) is 20.7. The molecule has 0 bridgehead atoms. The summed E-state index contributed by atoms with van der Waals surface area (Å²) in [6.45, 7) is 4.49. The van der Waals surface area contributed by atoms with Gasteiger partial charge in [-0.25, -0.2) is 4.79 Å². The molecule has 2 aliphatic heterocycles. The number of likely N-dealkylation sites (tertiary alicyclic amines) is 1. The summed E-state index contributed by atoms with van der Waals surface area (Å²) in [6.07, 6.45) is 4.86. The normalized spacial score (nSPS) is 20.6. The lowest BCUT2D eigenvalue weighted by molar-refractivity contribution is 0.0188. The Morgan fingerprint density at radius 3 is 2.61 bits per heavy atom. The van der Waals surface area contributed by atoms with E-state index in [1.807, 2.05) is 34.8 Å². The average molecular weight is 392 g/mol. The Balaban J connectivity index is 1.59. The van der Waals surface area contributed by atoms with Gasteiger partial charge in [0.2, 0.25) is 0 Å². The highest BCUT2D eigenvalue weighted by atomic mass is 16.5. The molecular weight excluding hydrogens is 358 g/mol. The molecule has 2 saturated heterocycles. The van der Waals surface area contributed by atoms with E-state index in [1.54, 1.807) is 19.0 Å². The number of hydrogen-bond donors (Lipinski definition) is 1. The number of aryl methyl sites for hydroxylation is 1. The number of carbonyl (C=O) groups excluding carboxylic acids is 2. The maximum Gasteiger partial charge on any atom is 0.319 e. The van der Waals surface area contributed by atoms with Crippen LogP contribution in [0, 0.1) is 0 Å². The second-order valence-electron chi connectivity index (χ2n) is 7.91. The molecule has 0 spiro atoms. The summed E-state index contributed by atoms with van der Waals surface area (Å²) in [5.74, 6) is -0.0461. The van der Waals surface area contributed by atoms with Gasteiger partial charge in [-0.05, 0) is 31.4 Å². The molecule has 2 fully saturated rings. The van der Waals surface area contributed by atoms with Crippen LogP contribution in [0.3, 0.4) is 0 Å². The number of hydrogen-bond acceptors (Lipinski definition) is 4. The summed E-state index contributed by atoms with van der Waals surface area (Å²) in [4.78, 5) is 30.8. The molecule has 28 heavy (non-hydrogen) atoms. The molecule has 8 nitrogen and oxygen atoms in total. The van der Waals surface area contributed by atoms with Crippen LogP contribution in [0.4, 0.5) is 4.79 Å². The first-order valence-corrected chi connectivity index (χ1v) is 10.2. The molecule has 1 N–H and O–H groups in total. The number of ether oxygens (including phenoxy) is 1. The van der Waals surface area contributed by atoms with Gasteiger partial charge >= 0.3 is 6.03 Å². The molecule has 0 saturated carbocycles. The largest absolute Gasteiger partial charge is 0.381 e. The Labute approximate surface area is 167 Å². The lowest BCUT2D eigenvalue weighted by atomic mass is 10.0. The molecule has 8 heteroatoms. The minimum Gasteiger partial charge on any atom is -0.381 e. The molecule has 0 aliphatic carbocycles. The van der Waals surface area contributed by atoms with Crippen molar-refractivity contribution < 1.29 is 14.3 Å². The second kappa shape index (κ2) is 9.43. The van der Waals surface area contributed by atoms with Gasteiger partial charge < -0.3 is 24.4 Å². The van der Waals surface area contributed by atoms with Crippen LogP contribution in [0.5, 0.6) is 0 Å². The van der Waals surface area contributed by atoms with E-state index >= 15 is 0 Å². The first-order chi connectivity index (χ1) is 13.5. The molecule has 1 aromatic heterocycles. The van der Waals surface area contributed by atoms with E-state index in [4.69, 9.17) is 4.74 Å². The Morgan fingerprint density at radius 1 is 1.21 bits per heavy atom. The van der Waals surface area contributed by atoms with E-state index in [-0.39, 0.29) is 11.9 Å². The van der Waals surface area contributed by atoms with Crippen molar-refractivity contribution in [2.24, 2.45) is 7.05 Å². The average Bonchev–Trinajstić information content (AvgIpc) is 3.34. The van der Waals surface area contributed by atoms with E-state index in [0.29, 0.717) is 24.3 Å². The molecule has 156 valence electrons. The fourth-order valence-electron chi connectivity index (χ4n) is 4.24. The van der Waals surface area contributed by atoms with Crippen LogP contribution in [0.15, 0.2) is 18.3 Å². The maximum atomic E-state index is 12.4. The summed E-state index contributed by atoms with van der Waals surface area (Å²) >= 11 is 0. The lowest BCUT2D eigenvalue weighted by Gasteiger charge is -2.38. The summed E-state index contributed by atoms with van der Waals surface area (Å²) in [5, 5.41) is 3.05. The predicted molar refractivity (Wildman–Crippen MR) is 107 cm³/mol. The van der Waals surface area contributed by atoms with Crippen molar-refractivity contribution in [3.8, 4) is 0 Å². The van der Waals surface area contributed by atoms with Crippen molar-refractivity contribution in [2.75, 3.05) is 53.5 Å². The van der Waals surface area contributed by atoms with Crippen LogP contribution in [0.2, 0.25) is 0 Å². The molecule has 1 aromatic rings. The van der Waals surface area contributed by atoms with Crippen molar-refractivity contribution in [3.05, 3.63) is 24.0 Å². The van der Waals surface area contributed by atoms with Crippen LogP contribution in [-0.4, -0.2) is 96.8 Å². The number of nitrogens with zero attached hydrogens (tertiary/aromatic N) is 4. The lowest BCUT2D eigenvalue weighted by Crippen LogP contribution is -2.50. The molecule has 3 heterocycles. The quantitative estimate of drug-likeness (QED) is 0.785. The molecule has 3 amide bonds. The Bertz CT molecular complexity index is 669.